The molecule has 3 fully saturated rings. The number of urea groups is 1. The van der Waals surface area contributed by atoms with Gasteiger partial charge >= 0.3 is 12.1 Å². The number of carbonyl (C=O) groups is 4. The molecule has 0 aromatic carbocycles. The number of nitrogens with zero attached hydrogens (tertiary/aromatic N) is 3. The van der Waals surface area contributed by atoms with Crippen LogP contribution in [0.3, 0.4) is 0 Å². The van der Waals surface area contributed by atoms with Gasteiger partial charge in [0.15, 0.2) is 0 Å². The van der Waals surface area contributed by atoms with Crippen molar-refractivity contribution in [1.82, 2.24) is 14.7 Å². The van der Waals surface area contributed by atoms with Crippen molar-refractivity contribution in [3.8, 4) is 0 Å². The fourth-order valence-corrected chi connectivity index (χ4v) is 4.74. The number of carbonyl (C=O) groups excluding carboxylic acids is 4. The van der Waals surface area contributed by atoms with E-state index < -0.39 is 23.4 Å². The lowest BCUT2D eigenvalue weighted by molar-refractivity contribution is -0.138. The predicted molar refractivity (Wildman–Crippen MR) is 117 cm³/mol. The van der Waals surface area contributed by atoms with Crippen LogP contribution in [0, 0.1) is 5.41 Å². The highest BCUT2D eigenvalue weighted by atomic mass is 16.6. The highest BCUT2D eigenvalue weighted by Gasteiger charge is 2.52. The van der Waals surface area contributed by atoms with Gasteiger partial charge in [-0.1, -0.05) is 13.3 Å². The summed E-state index contributed by atoms with van der Waals surface area (Å²) in [5.74, 6) is -1.79. The van der Waals surface area contributed by atoms with Gasteiger partial charge in [0.2, 0.25) is 0 Å². The molecule has 0 aromatic heterocycles. The Kier molecular flexibility index (Phi) is 6.44. The van der Waals surface area contributed by atoms with Crippen LogP contribution in [0.1, 0.15) is 66.2 Å². The Morgan fingerprint density at radius 1 is 1.09 bits per heavy atom. The zero-order chi connectivity index (χ0) is 23.8. The molecule has 2 saturated heterocycles. The van der Waals surface area contributed by atoms with E-state index in [0.29, 0.717) is 32.4 Å². The third kappa shape index (κ3) is 4.54. The van der Waals surface area contributed by atoms with Crippen LogP contribution in [0.2, 0.25) is 0 Å². The standard InChI is InChI=1S/C22H35N5O5/c1-5-6-11-26-17(28)15(16(23)24)18(29)27(19(26)30)14-7-9-22(10-8-14)12-25(13-22)20(31)32-21(2,3)4/h14H,5-13,23-24H2,1-4H3. The topological polar surface area (TPSA) is 139 Å². The van der Waals surface area contributed by atoms with Crippen molar-refractivity contribution < 1.29 is 23.9 Å². The molecule has 1 saturated carbocycles. The van der Waals surface area contributed by atoms with Gasteiger partial charge < -0.3 is 21.1 Å². The van der Waals surface area contributed by atoms with Gasteiger partial charge in [0, 0.05) is 31.1 Å². The average Bonchev–Trinajstić information content (AvgIpc) is 2.65. The molecule has 3 rings (SSSR count). The summed E-state index contributed by atoms with van der Waals surface area (Å²) in [5, 5.41) is 0. The highest BCUT2D eigenvalue weighted by molar-refractivity contribution is 6.29. The minimum Gasteiger partial charge on any atom is -0.444 e. The average molecular weight is 450 g/mol. The van der Waals surface area contributed by atoms with Gasteiger partial charge in [-0.15, -0.1) is 0 Å². The summed E-state index contributed by atoms with van der Waals surface area (Å²) in [4.78, 5) is 54.9. The number of nitrogens with two attached hydrogens (primary N) is 2. The van der Waals surface area contributed by atoms with E-state index in [1.54, 1.807) is 4.90 Å². The Morgan fingerprint density at radius 3 is 2.19 bits per heavy atom. The minimum absolute atomic E-state index is 0.0153. The van der Waals surface area contributed by atoms with Crippen LogP contribution < -0.4 is 11.5 Å². The van der Waals surface area contributed by atoms with Gasteiger partial charge in [-0.05, 0) is 52.9 Å². The van der Waals surface area contributed by atoms with Crippen molar-refractivity contribution in [2.75, 3.05) is 19.6 Å². The number of unbranched alkanes of at least 4 members (excludes halogenated alkanes) is 1. The first kappa shape index (κ1) is 23.9. The molecule has 3 aliphatic rings. The zero-order valence-corrected chi connectivity index (χ0v) is 19.5. The first-order valence-corrected chi connectivity index (χ1v) is 11.3. The predicted octanol–water partition coefficient (Wildman–Crippen LogP) is 1.89. The molecule has 1 aliphatic carbocycles. The van der Waals surface area contributed by atoms with E-state index in [-0.39, 0.29) is 35.5 Å². The molecule has 0 radical (unpaired) electrons. The maximum atomic E-state index is 13.1. The molecular formula is C22H35N5O5. The van der Waals surface area contributed by atoms with Crippen molar-refractivity contribution in [3.05, 3.63) is 11.4 Å². The molecule has 10 heteroatoms. The molecule has 0 bridgehead atoms. The lowest BCUT2D eigenvalue weighted by Crippen LogP contribution is -2.64. The Labute approximate surface area is 188 Å². The molecule has 0 unspecified atom stereocenters. The van der Waals surface area contributed by atoms with E-state index in [2.05, 4.69) is 0 Å². The molecule has 2 aliphatic heterocycles. The van der Waals surface area contributed by atoms with Crippen LogP contribution in [0.15, 0.2) is 11.4 Å². The van der Waals surface area contributed by atoms with Crippen LogP contribution in [0.4, 0.5) is 9.59 Å². The molecule has 4 N–H and O–H groups in total. The number of ether oxygens (including phenoxy) is 1. The van der Waals surface area contributed by atoms with E-state index in [1.807, 2.05) is 27.7 Å². The maximum Gasteiger partial charge on any atom is 0.410 e. The van der Waals surface area contributed by atoms with Gasteiger partial charge in [-0.25, -0.2) is 9.59 Å². The smallest absolute Gasteiger partial charge is 0.410 e. The van der Waals surface area contributed by atoms with Gasteiger partial charge in [0.1, 0.15) is 17.0 Å². The Morgan fingerprint density at radius 2 is 1.69 bits per heavy atom. The fraction of sp³-hybridized carbons (Fsp3) is 0.727. The van der Waals surface area contributed by atoms with E-state index in [1.165, 1.54) is 4.90 Å². The van der Waals surface area contributed by atoms with E-state index in [9.17, 15) is 19.2 Å². The second-order valence-corrected chi connectivity index (χ2v) is 10.2. The number of amides is 5. The number of hydrogen-bond donors (Lipinski definition) is 2. The monoisotopic (exact) mass is 449 g/mol. The number of imide groups is 2. The van der Waals surface area contributed by atoms with Gasteiger partial charge in [0.25, 0.3) is 11.8 Å². The van der Waals surface area contributed by atoms with Crippen molar-refractivity contribution in [2.45, 2.75) is 77.9 Å². The van der Waals surface area contributed by atoms with Gasteiger partial charge in [0.05, 0.1) is 0 Å². The summed E-state index contributed by atoms with van der Waals surface area (Å²) in [5.41, 5.74) is 10.4. The lowest BCUT2D eigenvalue weighted by Gasteiger charge is -2.54. The van der Waals surface area contributed by atoms with Gasteiger partial charge in [-0.2, -0.15) is 0 Å². The minimum atomic E-state index is -0.719. The first-order valence-electron chi connectivity index (χ1n) is 11.3. The van der Waals surface area contributed by atoms with Crippen molar-refractivity contribution in [1.29, 1.82) is 0 Å². The lowest BCUT2D eigenvalue weighted by atomic mass is 9.67. The second-order valence-electron chi connectivity index (χ2n) is 10.2. The van der Waals surface area contributed by atoms with Crippen LogP contribution >= 0.6 is 0 Å². The van der Waals surface area contributed by atoms with E-state index in [0.717, 1.165) is 24.2 Å². The summed E-state index contributed by atoms with van der Waals surface area (Å²) in [6.07, 6.45) is 3.86. The molecule has 178 valence electrons. The molecule has 0 aromatic rings. The highest BCUT2D eigenvalue weighted by Crippen LogP contribution is 2.45. The molecular weight excluding hydrogens is 414 g/mol. The summed E-state index contributed by atoms with van der Waals surface area (Å²) in [7, 11) is 0. The normalized spacial score (nSPS) is 21.8. The van der Waals surface area contributed by atoms with Crippen LogP contribution in [-0.2, 0) is 14.3 Å². The second kappa shape index (κ2) is 8.63. The Balaban J connectivity index is 1.67. The number of hydrogen-bond acceptors (Lipinski definition) is 7. The molecule has 10 nitrogen and oxygen atoms in total. The zero-order valence-electron chi connectivity index (χ0n) is 19.5. The molecule has 1 spiro atoms. The van der Waals surface area contributed by atoms with Gasteiger partial charge in [-0.3, -0.25) is 19.4 Å². The van der Waals surface area contributed by atoms with Crippen LogP contribution in [0.25, 0.3) is 0 Å². The summed E-state index contributed by atoms with van der Waals surface area (Å²) >= 11 is 0. The van der Waals surface area contributed by atoms with Crippen LogP contribution in [0.5, 0.6) is 0 Å². The summed E-state index contributed by atoms with van der Waals surface area (Å²) in [6.45, 7) is 8.90. The quantitative estimate of drug-likeness (QED) is 0.493. The van der Waals surface area contributed by atoms with E-state index in [4.69, 9.17) is 16.2 Å². The summed E-state index contributed by atoms with van der Waals surface area (Å²) < 4.78 is 5.43. The Hall–Kier alpha value is -2.78. The molecule has 2 heterocycles. The fourth-order valence-electron chi connectivity index (χ4n) is 4.74. The number of likely N-dealkylation sites (tertiary alicyclic amines) is 1. The summed E-state index contributed by atoms with van der Waals surface area (Å²) in [6, 6.07) is -0.925. The van der Waals surface area contributed by atoms with Crippen molar-refractivity contribution in [3.63, 3.8) is 0 Å². The molecule has 0 atom stereocenters. The number of rotatable bonds is 4. The maximum absolute atomic E-state index is 13.1. The van der Waals surface area contributed by atoms with Crippen molar-refractivity contribution >= 4 is 23.9 Å². The SMILES string of the molecule is CCCCN1C(=O)C(=C(N)N)C(=O)N(C2CCC3(CC2)CN(C(=O)OC(C)(C)C)C3)C1=O. The Bertz CT molecular complexity index is 826. The van der Waals surface area contributed by atoms with Crippen molar-refractivity contribution in [2.24, 2.45) is 16.9 Å². The molecule has 5 amide bonds. The van der Waals surface area contributed by atoms with E-state index >= 15 is 0 Å². The number of barbiturate groups is 1. The first-order chi connectivity index (χ1) is 14.9. The van der Waals surface area contributed by atoms with Crippen LogP contribution in [-0.4, -0.2) is 69.9 Å². The third-order valence-electron chi connectivity index (χ3n) is 6.44. The largest absolute Gasteiger partial charge is 0.444 e. The third-order valence-corrected chi connectivity index (χ3v) is 6.44. The molecule has 32 heavy (non-hydrogen) atoms.